The molecule has 0 fully saturated rings. The van der Waals surface area contributed by atoms with E-state index < -0.39 is 15.8 Å². The van der Waals surface area contributed by atoms with Crippen molar-refractivity contribution >= 4 is 32.2 Å². The minimum Gasteiger partial charge on any atom is -0.440 e. The van der Waals surface area contributed by atoms with Crippen molar-refractivity contribution in [3.8, 4) is 5.75 Å². The Morgan fingerprint density at radius 2 is 1.69 bits per heavy atom. The van der Waals surface area contributed by atoms with Gasteiger partial charge in [0.2, 0.25) is 5.88 Å². The number of fused-ring (bicyclic) bond motifs is 3. The zero-order chi connectivity index (χ0) is 18.5. The van der Waals surface area contributed by atoms with E-state index in [1.807, 2.05) is 48.5 Å². The highest BCUT2D eigenvalue weighted by atomic mass is 35.5. The van der Waals surface area contributed by atoms with Gasteiger partial charge in [0.15, 0.2) is 9.84 Å². The van der Waals surface area contributed by atoms with Gasteiger partial charge in [-0.1, -0.05) is 60.1 Å². The van der Waals surface area contributed by atoms with E-state index in [0.29, 0.717) is 10.8 Å². The van der Waals surface area contributed by atoms with Gasteiger partial charge in [-0.25, -0.2) is 8.42 Å². The molecular formula is C20H16ClNO3S. The molecule has 1 aliphatic rings. The molecule has 4 rings (SSSR count). The number of hydrogen-bond acceptors (Lipinski definition) is 4. The number of ether oxygens (including phenoxy) is 1. The molecule has 3 aromatic rings. The summed E-state index contributed by atoms with van der Waals surface area (Å²) in [7, 11) is -3.58. The first-order chi connectivity index (χ1) is 12.4. The molecular weight excluding hydrogens is 370 g/mol. The summed E-state index contributed by atoms with van der Waals surface area (Å²) < 4.78 is 30.8. The number of allylic oxidation sites excluding steroid dienone is 1. The standard InChI is InChI=1S/C20H16ClNO3S/c1-26(23,24)19-17(13-6-9-14(21)10-7-13)16-11-8-12-4-2-3-5-15(12)18(16)25-20(19)22/h2-11,17H,22H2,1H3. The fourth-order valence-electron chi connectivity index (χ4n) is 3.43. The lowest BCUT2D eigenvalue weighted by molar-refractivity contribution is 0.400. The summed E-state index contributed by atoms with van der Waals surface area (Å²) in [6.07, 6.45) is 1.15. The predicted octanol–water partition coefficient (Wildman–Crippen LogP) is 4.19. The Morgan fingerprint density at radius 1 is 1.00 bits per heavy atom. The third-order valence-electron chi connectivity index (χ3n) is 4.54. The molecule has 2 N–H and O–H groups in total. The molecule has 26 heavy (non-hydrogen) atoms. The van der Waals surface area contributed by atoms with Gasteiger partial charge in [-0.05, 0) is 23.1 Å². The van der Waals surface area contributed by atoms with E-state index in [-0.39, 0.29) is 10.8 Å². The van der Waals surface area contributed by atoms with Gasteiger partial charge in [0.25, 0.3) is 0 Å². The lowest BCUT2D eigenvalue weighted by Crippen LogP contribution is -2.26. The van der Waals surface area contributed by atoms with Crippen molar-refractivity contribution in [2.75, 3.05) is 6.26 Å². The molecule has 3 aromatic carbocycles. The molecule has 0 spiro atoms. The molecule has 6 heteroatoms. The normalized spacial score (nSPS) is 17.1. The Kier molecular flexibility index (Phi) is 3.93. The summed E-state index contributed by atoms with van der Waals surface area (Å²) in [5.74, 6) is -0.0418. The van der Waals surface area contributed by atoms with E-state index in [1.165, 1.54) is 0 Å². The summed E-state index contributed by atoms with van der Waals surface area (Å²) in [4.78, 5) is 0.0719. The zero-order valence-corrected chi connectivity index (χ0v) is 15.5. The summed E-state index contributed by atoms with van der Waals surface area (Å²) in [5.41, 5.74) is 7.63. The van der Waals surface area contributed by atoms with Crippen molar-refractivity contribution in [3.05, 3.63) is 87.6 Å². The molecule has 0 amide bonds. The largest absolute Gasteiger partial charge is 0.440 e. The van der Waals surface area contributed by atoms with Crippen LogP contribution in [0.3, 0.4) is 0 Å². The summed E-state index contributed by atoms with van der Waals surface area (Å²) in [6.45, 7) is 0. The van der Waals surface area contributed by atoms with Crippen molar-refractivity contribution < 1.29 is 13.2 Å². The highest BCUT2D eigenvalue weighted by Crippen LogP contribution is 2.46. The van der Waals surface area contributed by atoms with Crippen molar-refractivity contribution in [2.45, 2.75) is 5.92 Å². The Labute approximate surface area is 156 Å². The first-order valence-electron chi connectivity index (χ1n) is 8.01. The summed E-state index contributed by atoms with van der Waals surface area (Å²) in [5, 5.41) is 2.47. The monoisotopic (exact) mass is 385 g/mol. The van der Waals surface area contributed by atoms with Gasteiger partial charge < -0.3 is 10.5 Å². The smallest absolute Gasteiger partial charge is 0.206 e. The molecule has 0 aliphatic carbocycles. The molecule has 1 heterocycles. The third kappa shape index (κ3) is 2.73. The second-order valence-electron chi connectivity index (χ2n) is 6.29. The highest BCUT2D eigenvalue weighted by molar-refractivity contribution is 7.94. The van der Waals surface area contributed by atoms with Gasteiger partial charge in [0.1, 0.15) is 10.7 Å². The molecule has 0 bridgehead atoms. The number of benzene rings is 3. The van der Waals surface area contributed by atoms with Gasteiger partial charge in [-0.15, -0.1) is 0 Å². The first-order valence-corrected chi connectivity index (χ1v) is 10.3. The van der Waals surface area contributed by atoms with Crippen LogP contribution in [0.2, 0.25) is 5.02 Å². The number of hydrogen-bond donors (Lipinski definition) is 1. The van der Waals surface area contributed by atoms with Crippen LogP contribution in [0.25, 0.3) is 10.8 Å². The molecule has 0 radical (unpaired) electrons. The highest BCUT2D eigenvalue weighted by Gasteiger charge is 2.36. The fraction of sp³-hybridized carbons (Fsp3) is 0.100. The molecule has 1 unspecified atom stereocenters. The van der Waals surface area contributed by atoms with Crippen molar-refractivity contribution in [1.82, 2.24) is 0 Å². The second-order valence-corrected chi connectivity index (χ2v) is 8.71. The Hall–Kier alpha value is -2.50. The Balaban J connectivity index is 2.05. The zero-order valence-electron chi connectivity index (χ0n) is 13.9. The number of sulfone groups is 1. The Bertz CT molecular complexity index is 1150. The average Bonchev–Trinajstić information content (AvgIpc) is 2.60. The van der Waals surface area contributed by atoms with Crippen LogP contribution >= 0.6 is 11.6 Å². The average molecular weight is 386 g/mol. The van der Waals surface area contributed by atoms with E-state index in [4.69, 9.17) is 22.1 Å². The summed E-state index contributed by atoms with van der Waals surface area (Å²) in [6, 6.07) is 18.7. The SMILES string of the molecule is CS(=O)(=O)C1=C(N)Oc2c(ccc3ccccc23)C1c1ccc(Cl)cc1. The number of nitrogens with two attached hydrogens (primary N) is 1. The van der Waals surface area contributed by atoms with E-state index >= 15 is 0 Å². The molecule has 0 saturated heterocycles. The molecule has 1 aliphatic heterocycles. The lowest BCUT2D eigenvalue weighted by atomic mass is 9.87. The Morgan fingerprint density at radius 3 is 2.38 bits per heavy atom. The maximum atomic E-state index is 12.5. The van der Waals surface area contributed by atoms with E-state index in [0.717, 1.165) is 28.2 Å². The molecule has 4 nitrogen and oxygen atoms in total. The van der Waals surface area contributed by atoms with Gasteiger partial charge in [-0.2, -0.15) is 0 Å². The number of halogens is 1. The molecule has 132 valence electrons. The topological polar surface area (TPSA) is 69.4 Å². The van der Waals surface area contributed by atoms with E-state index in [2.05, 4.69) is 0 Å². The lowest BCUT2D eigenvalue weighted by Gasteiger charge is -2.29. The molecule has 0 saturated carbocycles. The minimum absolute atomic E-state index is 0.0719. The van der Waals surface area contributed by atoms with Gasteiger partial charge in [-0.3, -0.25) is 0 Å². The minimum atomic E-state index is -3.58. The maximum Gasteiger partial charge on any atom is 0.206 e. The molecule has 0 aromatic heterocycles. The van der Waals surface area contributed by atoms with Crippen LogP contribution in [-0.4, -0.2) is 14.7 Å². The maximum absolute atomic E-state index is 12.5. The van der Waals surface area contributed by atoms with Crippen LogP contribution in [-0.2, 0) is 9.84 Å². The van der Waals surface area contributed by atoms with Crippen LogP contribution in [0.4, 0.5) is 0 Å². The van der Waals surface area contributed by atoms with Crippen molar-refractivity contribution in [3.63, 3.8) is 0 Å². The van der Waals surface area contributed by atoms with Gasteiger partial charge in [0, 0.05) is 22.2 Å². The summed E-state index contributed by atoms with van der Waals surface area (Å²) >= 11 is 6.00. The second kappa shape index (κ2) is 6.04. The first kappa shape index (κ1) is 16.9. The quantitative estimate of drug-likeness (QED) is 0.718. The van der Waals surface area contributed by atoms with Crippen LogP contribution < -0.4 is 10.5 Å². The third-order valence-corrected chi connectivity index (χ3v) is 6.03. The van der Waals surface area contributed by atoms with E-state index in [9.17, 15) is 8.42 Å². The number of rotatable bonds is 2. The van der Waals surface area contributed by atoms with E-state index in [1.54, 1.807) is 12.1 Å². The fourth-order valence-corrected chi connectivity index (χ4v) is 4.65. The van der Waals surface area contributed by atoms with Crippen LogP contribution in [0.15, 0.2) is 71.5 Å². The van der Waals surface area contributed by atoms with Crippen LogP contribution in [0.1, 0.15) is 17.0 Å². The van der Waals surface area contributed by atoms with Crippen LogP contribution in [0, 0.1) is 0 Å². The van der Waals surface area contributed by atoms with Crippen molar-refractivity contribution in [1.29, 1.82) is 0 Å². The van der Waals surface area contributed by atoms with Crippen molar-refractivity contribution in [2.24, 2.45) is 5.73 Å². The van der Waals surface area contributed by atoms with Crippen LogP contribution in [0.5, 0.6) is 5.75 Å². The molecule has 1 atom stereocenters. The predicted molar refractivity (Wildman–Crippen MR) is 104 cm³/mol. The van der Waals surface area contributed by atoms with Gasteiger partial charge >= 0.3 is 0 Å². The van der Waals surface area contributed by atoms with Gasteiger partial charge in [0.05, 0.1) is 5.92 Å².